The number of amides is 3. The van der Waals surface area contributed by atoms with E-state index in [1.165, 1.54) is 15.7 Å². The molecule has 0 bridgehead atoms. The van der Waals surface area contributed by atoms with Crippen LogP contribution < -0.4 is 10.6 Å². The Hall–Kier alpha value is -1.29. The fourth-order valence-electron chi connectivity index (χ4n) is 2.40. The van der Waals surface area contributed by atoms with E-state index in [0.717, 1.165) is 0 Å². The lowest BCUT2D eigenvalue weighted by Gasteiger charge is -2.31. The second-order valence-corrected chi connectivity index (χ2v) is 11.4. The molecule has 0 radical (unpaired) electrons. The minimum atomic E-state index is -0.937. The van der Waals surface area contributed by atoms with E-state index in [9.17, 15) is 14.4 Å². The zero-order valence-electron chi connectivity index (χ0n) is 17.3. The van der Waals surface area contributed by atoms with Crippen molar-refractivity contribution in [2.24, 2.45) is 5.92 Å². The van der Waals surface area contributed by atoms with Gasteiger partial charge in [0.2, 0.25) is 5.91 Å². The average molecular weight is 436 g/mol. The van der Waals surface area contributed by atoms with Crippen LogP contribution in [-0.2, 0) is 9.53 Å². The summed E-state index contributed by atoms with van der Waals surface area (Å²) in [6.07, 6.45) is -0.414. The Morgan fingerprint density at radius 2 is 1.82 bits per heavy atom. The highest BCUT2D eigenvalue weighted by molar-refractivity contribution is 8.77. The van der Waals surface area contributed by atoms with Crippen LogP contribution in [0.15, 0.2) is 0 Å². The maximum atomic E-state index is 12.7. The molecule has 1 unspecified atom stereocenters. The molecule has 28 heavy (non-hydrogen) atoms. The first-order valence-electron chi connectivity index (χ1n) is 9.50. The molecule has 1 atom stereocenters. The summed E-state index contributed by atoms with van der Waals surface area (Å²) in [5, 5.41) is 14.6. The van der Waals surface area contributed by atoms with Crippen molar-refractivity contribution >= 4 is 39.7 Å². The minimum absolute atomic E-state index is 0.0352. The molecule has 0 aromatic heterocycles. The molecule has 0 saturated carbocycles. The van der Waals surface area contributed by atoms with E-state index in [4.69, 9.17) is 9.84 Å². The molecule has 162 valence electrons. The summed E-state index contributed by atoms with van der Waals surface area (Å²) in [6.45, 7) is 11.2. The van der Waals surface area contributed by atoms with Crippen molar-refractivity contribution in [1.29, 1.82) is 0 Å². The summed E-state index contributed by atoms with van der Waals surface area (Å²) in [6, 6.07) is -0.809. The number of nitrogens with one attached hydrogen (secondary N) is 2. The highest BCUT2D eigenvalue weighted by Gasteiger charge is 2.28. The largest absolute Gasteiger partial charge is 0.465 e. The number of hydrogen-bond donors (Lipinski definition) is 3. The van der Waals surface area contributed by atoms with Crippen LogP contribution in [0.1, 0.15) is 47.5 Å². The van der Waals surface area contributed by atoms with Crippen molar-refractivity contribution in [3.8, 4) is 0 Å². The first-order valence-corrected chi connectivity index (χ1v) is 11.8. The molecule has 1 rings (SSSR count). The minimum Gasteiger partial charge on any atom is -0.465 e. The van der Waals surface area contributed by atoms with Gasteiger partial charge in [0.1, 0.15) is 6.04 Å². The topological polar surface area (TPSA) is 108 Å². The quantitative estimate of drug-likeness (QED) is 0.503. The Morgan fingerprint density at radius 3 is 2.32 bits per heavy atom. The second kappa shape index (κ2) is 11.6. The lowest BCUT2D eigenvalue weighted by Crippen LogP contribution is -2.53. The summed E-state index contributed by atoms with van der Waals surface area (Å²) in [7, 11) is 3.18. The summed E-state index contributed by atoms with van der Waals surface area (Å²) >= 11 is 0. The Morgan fingerprint density at radius 1 is 1.21 bits per heavy atom. The number of likely N-dealkylation sites (tertiary alicyclic amines) is 1. The van der Waals surface area contributed by atoms with Crippen LogP contribution in [0.25, 0.3) is 0 Å². The molecule has 8 nitrogen and oxygen atoms in total. The predicted octanol–water partition coefficient (Wildman–Crippen LogP) is 3.18. The van der Waals surface area contributed by atoms with E-state index in [-0.39, 0.29) is 29.2 Å². The monoisotopic (exact) mass is 435 g/mol. The molecule has 1 saturated heterocycles. The normalized spacial score (nSPS) is 16.6. The third-order valence-electron chi connectivity index (χ3n) is 3.81. The maximum absolute atomic E-state index is 12.7. The SMILES string of the molecule is CC(C)COC(=O)NC(CSSC(C)(C)C)C(=O)NC1CCN(C(=O)O)CC1. The lowest BCUT2D eigenvalue weighted by atomic mass is 10.1. The van der Waals surface area contributed by atoms with Crippen LogP contribution in [0.5, 0.6) is 0 Å². The van der Waals surface area contributed by atoms with Crippen LogP contribution >= 0.6 is 21.6 Å². The van der Waals surface area contributed by atoms with Gasteiger partial charge >= 0.3 is 12.2 Å². The van der Waals surface area contributed by atoms with Gasteiger partial charge < -0.3 is 25.4 Å². The first kappa shape index (κ1) is 24.7. The molecule has 0 aromatic rings. The van der Waals surface area contributed by atoms with Crippen LogP contribution in [-0.4, -0.2) is 70.4 Å². The molecule has 10 heteroatoms. The Bertz CT molecular complexity index is 532. The van der Waals surface area contributed by atoms with Crippen LogP contribution in [0.2, 0.25) is 0 Å². The summed E-state index contributed by atoms with van der Waals surface area (Å²) in [5.41, 5.74) is 0. The Kier molecular flexibility index (Phi) is 10.3. The molecule has 1 aliphatic rings. The average Bonchev–Trinajstić information content (AvgIpc) is 2.58. The van der Waals surface area contributed by atoms with Gasteiger partial charge in [-0.25, -0.2) is 9.59 Å². The fraction of sp³-hybridized carbons (Fsp3) is 0.833. The zero-order chi connectivity index (χ0) is 21.3. The molecular formula is C18H33N3O5S2. The smallest absolute Gasteiger partial charge is 0.407 e. The second-order valence-electron chi connectivity index (χ2n) is 8.22. The van der Waals surface area contributed by atoms with Gasteiger partial charge in [0, 0.05) is 29.6 Å². The number of carbonyl (C=O) groups is 3. The molecule has 1 fully saturated rings. The van der Waals surface area contributed by atoms with Gasteiger partial charge in [0.25, 0.3) is 0 Å². The summed E-state index contributed by atoms with van der Waals surface area (Å²) in [5.74, 6) is 0.360. The number of carbonyl (C=O) groups excluding carboxylic acids is 2. The number of rotatable bonds is 8. The van der Waals surface area contributed by atoms with Crippen molar-refractivity contribution < 1.29 is 24.2 Å². The number of alkyl carbamates (subject to hydrolysis) is 1. The number of piperidine rings is 1. The Balaban J connectivity index is 2.59. The number of ether oxygens (including phenoxy) is 1. The molecule has 0 spiro atoms. The molecule has 0 aliphatic carbocycles. The highest BCUT2D eigenvalue weighted by Crippen LogP contribution is 2.35. The zero-order valence-corrected chi connectivity index (χ0v) is 19.0. The number of hydrogen-bond acceptors (Lipinski definition) is 6. The van der Waals surface area contributed by atoms with Gasteiger partial charge in [0.15, 0.2) is 0 Å². The van der Waals surface area contributed by atoms with Crippen molar-refractivity contribution in [3.63, 3.8) is 0 Å². The van der Waals surface area contributed by atoms with Crippen LogP contribution in [0.4, 0.5) is 9.59 Å². The van der Waals surface area contributed by atoms with E-state index >= 15 is 0 Å². The first-order chi connectivity index (χ1) is 13.0. The standard InChI is InChI=1S/C18H33N3O5S2/c1-12(2)10-26-16(23)20-14(11-27-28-18(3,4)5)15(22)19-13-6-8-21(9-7-13)17(24)25/h12-14H,6-11H2,1-5H3,(H,19,22)(H,20,23)(H,24,25). The Labute approximate surface area is 175 Å². The highest BCUT2D eigenvalue weighted by atomic mass is 33.1. The van der Waals surface area contributed by atoms with E-state index < -0.39 is 18.2 Å². The maximum Gasteiger partial charge on any atom is 0.407 e. The molecular weight excluding hydrogens is 402 g/mol. The van der Waals surface area contributed by atoms with Crippen molar-refractivity contribution in [2.75, 3.05) is 25.4 Å². The summed E-state index contributed by atoms with van der Waals surface area (Å²) in [4.78, 5) is 37.1. The van der Waals surface area contributed by atoms with Crippen molar-refractivity contribution in [1.82, 2.24) is 15.5 Å². The molecule has 0 aromatic carbocycles. The van der Waals surface area contributed by atoms with Gasteiger partial charge in [-0.1, -0.05) is 56.2 Å². The van der Waals surface area contributed by atoms with Gasteiger partial charge in [-0.3, -0.25) is 4.79 Å². The van der Waals surface area contributed by atoms with E-state index in [1.54, 1.807) is 10.8 Å². The number of carboxylic acid groups (broad SMARTS) is 1. The predicted molar refractivity (Wildman–Crippen MR) is 114 cm³/mol. The van der Waals surface area contributed by atoms with Crippen molar-refractivity contribution in [2.45, 2.75) is 64.3 Å². The molecule has 1 heterocycles. The molecule has 3 amide bonds. The molecule has 1 aliphatic heterocycles. The third kappa shape index (κ3) is 10.3. The van der Waals surface area contributed by atoms with Gasteiger partial charge in [-0.05, 0) is 18.8 Å². The van der Waals surface area contributed by atoms with Gasteiger partial charge in [-0.15, -0.1) is 0 Å². The van der Waals surface area contributed by atoms with Gasteiger partial charge in [0.05, 0.1) is 6.61 Å². The molecule has 3 N–H and O–H groups in total. The van der Waals surface area contributed by atoms with E-state index in [1.807, 2.05) is 13.8 Å². The fourth-order valence-corrected chi connectivity index (χ4v) is 4.87. The number of nitrogens with zero attached hydrogens (tertiary/aromatic N) is 1. The van der Waals surface area contributed by atoms with E-state index in [0.29, 0.717) is 31.7 Å². The third-order valence-corrected chi connectivity index (χ3v) is 7.16. The van der Waals surface area contributed by atoms with Crippen LogP contribution in [0.3, 0.4) is 0 Å². The lowest BCUT2D eigenvalue weighted by molar-refractivity contribution is -0.123. The van der Waals surface area contributed by atoms with E-state index in [2.05, 4.69) is 31.4 Å². The van der Waals surface area contributed by atoms with Crippen molar-refractivity contribution in [3.05, 3.63) is 0 Å². The summed E-state index contributed by atoms with van der Waals surface area (Å²) < 4.78 is 5.18. The van der Waals surface area contributed by atoms with Gasteiger partial charge in [-0.2, -0.15) is 0 Å². The van der Waals surface area contributed by atoms with Crippen LogP contribution in [0, 0.1) is 5.92 Å².